The molecule has 0 unspecified atom stereocenters. The number of amides is 2. The van der Waals surface area contributed by atoms with E-state index in [-0.39, 0.29) is 25.3 Å². The van der Waals surface area contributed by atoms with Crippen molar-refractivity contribution >= 4 is 24.3 Å². The molecule has 2 atom stereocenters. The molecule has 0 bridgehead atoms. The van der Waals surface area contributed by atoms with Crippen LogP contribution in [0.15, 0.2) is 85.2 Å². The lowest BCUT2D eigenvalue weighted by atomic mass is 10.1. The first-order valence-electron chi connectivity index (χ1n) is 14.8. The second kappa shape index (κ2) is 13.1. The van der Waals surface area contributed by atoms with Crippen molar-refractivity contribution < 1.29 is 28.5 Å². The molecule has 0 radical (unpaired) electrons. The summed E-state index contributed by atoms with van der Waals surface area (Å²) < 4.78 is 25.2. The summed E-state index contributed by atoms with van der Waals surface area (Å²) in [6.07, 6.45) is 11.1. The highest BCUT2D eigenvalue weighted by Crippen LogP contribution is 2.31. The molecule has 44 heavy (non-hydrogen) atoms. The van der Waals surface area contributed by atoms with E-state index in [1.165, 1.54) is 0 Å². The van der Waals surface area contributed by atoms with Crippen molar-refractivity contribution in [1.82, 2.24) is 14.4 Å². The summed E-state index contributed by atoms with van der Waals surface area (Å²) in [6.45, 7) is 8.55. The van der Waals surface area contributed by atoms with E-state index in [1.807, 2.05) is 137 Å². The number of aryl methyl sites for hydroxylation is 1. The van der Waals surface area contributed by atoms with Gasteiger partial charge in [-0.2, -0.15) is 0 Å². The fraction of sp³-hybridized carbons (Fsp3) is 0.371. The number of carbonyl (C=O) groups is 2. The van der Waals surface area contributed by atoms with Gasteiger partial charge in [-0.15, -0.1) is 0 Å². The van der Waals surface area contributed by atoms with E-state index in [1.54, 1.807) is 9.80 Å². The van der Waals surface area contributed by atoms with Crippen LogP contribution < -0.4 is 0 Å². The lowest BCUT2D eigenvalue weighted by Gasteiger charge is -2.31. The first-order chi connectivity index (χ1) is 21.0. The summed E-state index contributed by atoms with van der Waals surface area (Å²) in [5.41, 5.74) is 2.15. The van der Waals surface area contributed by atoms with Crippen LogP contribution in [-0.2, 0) is 39.2 Å². The third-order valence-electron chi connectivity index (χ3n) is 7.86. The van der Waals surface area contributed by atoms with Gasteiger partial charge >= 0.3 is 12.2 Å². The van der Waals surface area contributed by atoms with Gasteiger partial charge in [0, 0.05) is 19.4 Å². The average Bonchev–Trinajstić information content (AvgIpc) is 3.63. The Balaban J connectivity index is 1.27. The molecule has 0 saturated carbocycles. The Kier molecular flexibility index (Phi) is 9.27. The minimum absolute atomic E-state index is 0.189. The lowest BCUT2D eigenvalue weighted by Crippen LogP contribution is -2.47. The SMILES string of the molecule is Cn1cc(/C=C/[C@@H]2COC(C)(C)N2C(=O)OCc2ccccc2)c(/C=C/[C@@H]2COC(C)(C)N2C(=O)OCc2ccccc2)c1. The molecule has 2 aromatic carbocycles. The normalized spacial score (nSPS) is 20.9. The molecule has 2 fully saturated rings. The van der Waals surface area contributed by atoms with Gasteiger partial charge in [-0.05, 0) is 49.9 Å². The maximum Gasteiger partial charge on any atom is 0.412 e. The van der Waals surface area contributed by atoms with E-state index >= 15 is 0 Å². The molecule has 9 heteroatoms. The fourth-order valence-corrected chi connectivity index (χ4v) is 5.57. The molecule has 1 aromatic heterocycles. The van der Waals surface area contributed by atoms with Crippen molar-refractivity contribution in [2.75, 3.05) is 13.2 Å². The molecule has 0 spiro atoms. The van der Waals surface area contributed by atoms with Crippen molar-refractivity contribution in [2.45, 2.75) is 64.4 Å². The highest BCUT2D eigenvalue weighted by Gasteiger charge is 2.45. The van der Waals surface area contributed by atoms with Crippen LogP contribution in [0.5, 0.6) is 0 Å². The van der Waals surface area contributed by atoms with Crippen LogP contribution in [0.3, 0.4) is 0 Å². The van der Waals surface area contributed by atoms with Gasteiger partial charge in [0.05, 0.1) is 25.3 Å². The molecule has 2 amide bonds. The third-order valence-corrected chi connectivity index (χ3v) is 7.86. The highest BCUT2D eigenvalue weighted by molar-refractivity contribution is 5.72. The van der Waals surface area contributed by atoms with Gasteiger partial charge in [0.1, 0.15) is 24.7 Å². The quantitative estimate of drug-likeness (QED) is 0.290. The molecule has 2 saturated heterocycles. The topological polar surface area (TPSA) is 82.5 Å². The molecule has 2 aliphatic heterocycles. The van der Waals surface area contributed by atoms with Gasteiger partial charge in [0.25, 0.3) is 0 Å². The molecule has 0 N–H and O–H groups in total. The molecule has 0 aliphatic carbocycles. The predicted octanol–water partition coefficient (Wildman–Crippen LogP) is 6.60. The van der Waals surface area contributed by atoms with E-state index < -0.39 is 23.6 Å². The average molecular weight is 600 g/mol. The Morgan fingerprint density at radius 3 is 1.50 bits per heavy atom. The summed E-state index contributed by atoms with van der Waals surface area (Å²) in [7, 11) is 1.96. The summed E-state index contributed by atoms with van der Waals surface area (Å²) in [4.78, 5) is 29.6. The van der Waals surface area contributed by atoms with E-state index in [0.717, 1.165) is 22.3 Å². The zero-order valence-corrected chi connectivity index (χ0v) is 26.0. The Bertz CT molecular complexity index is 1380. The van der Waals surface area contributed by atoms with Crippen LogP contribution in [0.1, 0.15) is 49.9 Å². The second-order valence-electron chi connectivity index (χ2n) is 12.0. The first kappa shape index (κ1) is 31.1. The zero-order valence-electron chi connectivity index (χ0n) is 26.0. The van der Waals surface area contributed by atoms with Gasteiger partial charge in [-0.1, -0.05) is 85.0 Å². The number of carbonyl (C=O) groups excluding carboxylic acids is 2. The van der Waals surface area contributed by atoms with Crippen LogP contribution in [0.25, 0.3) is 12.2 Å². The molecule has 232 valence electrons. The van der Waals surface area contributed by atoms with Crippen LogP contribution in [0.4, 0.5) is 9.59 Å². The van der Waals surface area contributed by atoms with Crippen molar-refractivity contribution in [3.8, 4) is 0 Å². The van der Waals surface area contributed by atoms with Crippen molar-refractivity contribution in [1.29, 1.82) is 0 Å². The van der Waals surface area contributed by atoms with E-state index in [2.05, 4.69) is 0 Å². The molecule has 5 rings (SSSR count). The first-order valence-corrected chi connectivity index (χ1v) is 14.8. The van der Waals surface area contributed by atoms with Crippen molar-refractivity contribution in [2.24, 2.45) is 7.05 Å². The zero-order chi connectivity index (χ0) is 31.3. The Hall–Kier alpha value is -4.34. The van der Waals surface area contributed by atoms with Gasteiger partial charge < -0.3 is 23.5 Å². The minimum Gasteiger partial charge on any atom is -0.444 e. The van der Waals surface area contributed by atoms with Crippen molar-refractivity contribution in [3.63, 3.8) is 0 Å². The minimum atomic E-state index is -0.809. The maximum absolute atomic E-state index is 13.2. The lowest BCUT2D eigenvalue weighted by molar-refractivity contribution is -0.0487. The van der Waals surface area contributed by atoms with Gasteiger partial charge in [0.2, 0.25) is 0 Å². The van der Waals surface area contributed by atoms with Crippen LogP contribution in [0, 0.1) is 0 Å². The third kappa shape index (κ3) is 7.23. The molecule has 9 nitrogen and oxygen atoms in total. The fourth-order valence-electron chi connectivity index (χ4n) is 5.57. The predicted molar refractivity (Wildman–Crippen MR) is 168 cm³/mol. The number of aromatic nitrogens is 1. The molecule has 2 aliphatic rings. The van der Waals surface area contributed by atoms with E-state index in [4.69, 9.17) is 18.9 Å². The Labute approximate surface area is 259 Å². The number of hydrogen-bond acceptors (Lipinski definition) is 6. The van der Waals surface area contributed by atoms with E-state index in [9.17, 15) is 9.59 Å². The second-order valence-corrected chi connectivity index (χ2v) is 12.0. The number of nitrogens with zero attached hydrogens (tertiary/aromatic N) is 3. The standard InChI is InChI=1S/C35H41N3O6/c1-34(2)37(32(39)41-22-26-12-8-6-9-13-26)30(24-43-34)18-16-28-20-36(5)21-29(28)17-19-31-25-44-35(3,4)38(31)33(40)42-23-27-14-10-7-11-15-27/h6-21,30-31H,22-25H2,1-5H3/b18-16+,19-17+/t30-,31-/m1/s1. The molecule has 3 heterocycles. The highest BCUT2D eigenvalue weighted by atomic mass is 16.6. The Morgan fingerprint density at radius 2 is 1.11 bits per heavy atom. The maximum atomic E-state index is 13.2. The van der Waals surface area contributed by atoms with Gasteiger partial charge in [-0.25, -0.2) is 9.59 Å². The summed E-state index contributed by atoms with van der Waals surface area (Å²) >= 11 is 0. The largest absolute Gasteiger partial charge is 0.444 e. The summed E-state index contributed by atoms with van der Waals surface area (Å²) in [5, 5.41) is 0. The summed E-state index contributed by atoms with van der Waals surface area (Å²) in [5.74, 6) is 0. The van der Waals surface area contributed by atoms with E-state index in [0.29, 0.717) is 13.2 Å². The monoisotopic (exact) mass is 599 g/mol. The number of rotatable bonds is 8. The van der Waals surface area contributed by atoms with Crippen LogP contribution >= 0.6 is 0 Å². The van der Waals surface area contributed by atoms with Gasteiger partial charge in [-0.3, -0.25) is 9.80 Å². The molecular formula is C35H41N3O6. The number of hydrogen-bond donors (Lipinski definition) is 0. The number of benzene rings is 2. The van der Waals surface area contributed by atoms with Crippen LogP contribution in [-0.4, -0.2) is 63.3 Å². The Morgan fingerprint density at radius 1 is 0.727 bits per heavy atom. The molecule has 3 aromatic rings. The molecular weight excluding hydrogens is 558 g/mol. The summed E-state index contributed by atoms with van der Waals surface area (Å²) in [6, 6.07) is 18.6. The smallest absolute Gasteiger partial charge is 0.412 e. The van der Waals surface area contributed by atoms with Gasteiger partial charge in [0.15, 0.2) is 0 Å². The van der Waals surface area contributed by atoms with Crippen LogP contribution in [0.2, 0.25) is 0 Å². The number of ether oxygens (including phenoxy) is 4. The van der Waals surface area contributed by atoms with Crippen molar-refractivity contribution in [3.05, 3.63) is 107 Å².